The van der Waals surface area contributed by atoms with E-state index in [-0.39, 0.29) is 5.60 Å². The van der Waals surface area contributed by atoms with Gasteiger partial charge in [0, 0.05) is 26.2 Å². The molecule has 0 radical (unpaired) electrons. The van der Waals surface area contributed by atoms with Crippen molar-refractivity contribution in [3.8, 4) is 0 Å². The van der Waals surface area contributed by atoms with Gasteiger partial charge in [-0.25, -0.2) is 0 Å². The van der Waals surface area contributed by atoms with Gasteiger partial charge in [-0.1, -0.05) is 0 Å². The summed E-state index contributed by atoms with van der Waals surface area (Å²) in [5.41, 5.74) is 0.141. The smallest absolute Gasteiger partial charge is 0.0833 e. The van der Waals surface area contributed by atoms with Gasteiger partial charge >= 0.3 is 0 Å². The summed E-state index contributed by atoms with van der Waals surface area (Å²) in [5, 5.41) is 3.42. The molecule has 3 aliphatic rings. The highest BCUT2D eigenvalue weighted by Crippen LogP contribution is 2.28. The highest BCUT2D eigenvalue weighted by molar-refractivity contribution is 4.92. The maximum atomic E-state index is 6.08. The summed E-state index contributed by atoms with van der Waals surface area (Å²) in [7, 11) is 0. The van der Waals surface area contributed by atoms with E-state index in [1.54, 1.807) is 0 Å². The van der Waals surface area contributed by atoms with Crippen LogP contribution in [0.3, 0.4) is 0 Å². The van der Waals surface area contributed by atoms with Crippen LogP contribution in [0.1, 0.15) is 25.7 Å². The summed E-state index contributed by atoms with van der Waals surface area (Å²) in [4.78, 5) is 2.56. The van der Waals surface area contributed by atoms with E-state index >= 15 is 0 Å². The van der Waals surface area contributed by atoms with Crippen LogP contribution in [0.2, 0.25) is 0 Å². The Morgan fingerprint density at radius 1 is 1.24 bits per heavy atom. The first-order valence-electron chi connectivity index (χ1n) is 7.05. The lowest BCUT2D eigenvalue weighted by atomic mass is 9.90. The molecular formula is C13H24N2O2. The van der Waals surface area contributed by atoms with Gasteiger partial charge in [0.25, 0.3) is 0 Å². The predicted octanol–water partition coefficient (Wildman–Crippen LogP) is 0.620. The molecule has 98 valence electrons. The van der Waals surface area contributed by atoms with Gasteiger partial charge in [-0.3, -0.25) is 4.90 Å². The fourth-order valence-corrected chi connectivity index (χ4v) is 3.34. The van der Waals surface area contributed by atoms with Crippen LogP contribution in [0.4, 0.5) is 0 Å². The van der Waals surface area contributed by atoms with E-state index in [2.05, 4.69) is 10.2 Å². The topological polar surface area (TPSA) is 33.7 Å². The minimum atomic E-state index is 0.141. The van der Waals surface area contributed by atoms with Crippen molar-refractivity contribution in [1.29, 1.82) is 0 Å². The highest BCUT2D eigenvalue weighted by Gasteiger charge is 2.38. The number of hydrogen-bond donors (Lipinski definition) is 1. The van der Waals surface area contributed by atoms with Crippen LogP contribution in [0.25, 0.3) is 0 Å². The summed E-state index contributed by atoms with van der Waals surface area (Å²) < 4.78 is 11.8. The standard InChI is InChI=1S/C13H24N2O2/c1-2-12(16-8-1)10-15-7-9-17-13(11-15)3-5-14-6-4-13/h12,14H,1-11H2/t12-/m0/s1. The molecule has 0 saturated carbocycles. The molecule has 0 aromatic heterocycles. The third kappa shape index (κ3) is 2.81. The first-order valence-corrected chi connectivity index (χ1v) is 7.05. The van der Waals surface area contributed by atoms with E-state index in [0.29, 0.717) is 6.10 Å². The minimum absolute atomic E-state index is 0.141. The number of piperidine rings is 1. The van der Waals surface area contributed by atoms with Crippen molar-refractivity contribution in [2.75, 3.05) is 45.9 Å². The van der Waals surface area contributed by atoms with Gasteiger partial charge in [0.05, 0.1) is 18.3 Å². The zero-order valence-corrected chi connectivity index (χ0v) is 10.6. The van der Waals surface area contributed by atoms with Crippen LogP contribution >= 0.6 is 0 Å². The molecule has 1 spiro atoms. The van der Waals surface area contributed by atoms with Gasteiger partial charge in [-0.05, 0) is 38.8 Å². The van der Waals surface area contributed by atoms with E-state index < -0.39 is 0 Å². The van der Waals surface area contributed by atoms with E-state index in [1.807, 2.05) is 0 Å². The number of rotatable bonds is 2. The fourth-order valence-electron chi connectivity index (χ4n) is 3.34. The molecule has 1 atom stereocenters. The molecule has 3 fully saturated rings. The Bertz CT molecular complexity index is 242. The third-order valence-corrected chi connectivity index (χ3v) is 4.33. The van der Waals surface area contributed by atoms with Gasteiger partial charge < -0.3 is 14.8 Å². The largest absolute Gasteiger partial charge is 0.377 e. The lowest BCUT2D eigenvalue weighted by molar-refractivity contribution is -0.128. The van der Waals surface area contributed by atoms with Gasteiger partial charge in [0.15, 0.2) is 0 Å². The molecule has 0 amide bonds. The quantitative estimate of drug-likeness (QED) is 0.767. The molecule has 3 aliphatic heterocycles. The van der Waals surface area contributed by atoms with Crippen LogP contribution in [0.15, 0.2) is 0 Å². The number of morpholine rings is 1. The second kappa shape index (κ2) is 5.22. The Balaban J connectivity index is 1.55. The Labute approximate surface area is 104 Å². The van der Waals surface area contributed by atoms with E-state index in [4.69, 9.17) is 9.47 Å². The molecule has 3 saturated heterocycles. The predicted molar refractivity (Wildman–Crippen MR) is 66.2 cm³/mol. The molecular weight excluding hydrogens is 216 g/mol. The van der Waals surface area contributed by atoms with Crippen molar-refractivity contribution in [2.24, 2.45) is 0 Å². The van der Waals surface area contributed by atoms with Gasteiger partial charge in [-0.2, -0.15) is 0 Å². The highest BCUT2D eigenvalue weighted by atomic mass is 16.5. The number of nitrogens with zero attached hydrogens (tertiary/aromatic N) is 1. The van der Waals surface area contributed by atoms with Crippen molar-refractivity contribution in [3.05, 3.63) is 0 Å². The Kier molecular flexibility index (Phi) is 3.66. The van der Waals surface area contributed by atoms with Crippen molar-refractivity contribution < 1.29 is 9.47 Å². The van der Waals surface area contributed by atoms with Crippen molar-refractivity contribution in [3.63, 3.8) is 0 Å². The molecule has 0 aliphatic carbocycles. The molecule has 4 heteroatoms. The van der Waals surface area contributed by atoms with Gasteiger partial charge in [0.2, 0.25) is 0 Å². The average molecular weight is 240 g/mol. The molecule has 3 rings (SSSR count). The number of hydrogen-bond acceptors (Lipinski definition) is 4. The van der Waals surface area contributed by atoms with Crippen molar-refractivity contribution >= 4 is 0 Å². The summed E-state index contributed by atoms with van der Waals surface area (Å²) in [5.74, 6) is 0. The van der Waals surface area contributed by atoms with Crippen LogP contribution in [-0.2, 0) is 9.47 Å². The minimum Gasteiger partial charge on any atom is -0.377 e. The van der Waals surface area contributed by atoms with Crippen molar-refractivity contribution in [1.82, 2.24) is 10.2 Å². The maximum Gasteiger partial charge on any atom is 0.0833 e. The zero-order valence-electron chi connectivity index (χ0n) is 10.6. The van der Waals surface area contributed by atoms with Crippen LogP contribution in [-0.4, -0.2) is 62.5 Å². The summed E-state index contributed by atoms with van der Waals surface area (Å²) >= 11 is 0. The fraction of sp³-hybridized carbons (Fsp3) is 1.00. The number of ether oxygens (including phenoxy) is 2. The number of nitrogens with one attached hydrogen (secondary N) is 1. The van der Waals surface area contributed by atoms with E-state index in [1.165, 1.54) is 12.8 Å². The molecule has 4 nitrogen and oxygen atoms in total. The Hall–Kier alpha value is -0.160. The molecule has 17 heavy (non-hydrogen) atoms. The lowest BCUT2D eigenvalue weighted by Crippen LogP contribution is -2.57. The molecule has 0 bridgehead atoms. The summed E-state index contributed by atoms with van der Waals surface area (Å²) in [6.45, 7) is 7.36. The monoisotopic (exact) mass is 240 g/mol. The van der Waals surface area contributed by atoms with Crippen molar-refractivity contribution in [2.45, 2.75) is 37.4 Å². The van der Waals surface area contributed by atoms with Crippen LogP contribution in [0.5, 0.6) is 0 Å². The third-order valence-electron chi connectivity index (χ3n) is 4.33. The lowest BCUT2D eigenvalue weighted by Gasteiger charge is -2.45. The first kappa shape index (κ1) is 11.9. The van der Waals surface area contributed by atoms with Crippen LogP contribution in [0, 0.1) is 0 Å². The van der Waals surface area contributed by atoms with E-state index in [9.17, 15) is 0 Å². The maximum absolute atomic E-state index is 6.08. The van der Waals surface area contributed by atoms with Crippen LogP contribution < -0.4 is 5.32 Å². The summed E-state index contributed by atoms with van der Waals surface area (Å²) in [6.07, 6.45) is 5.28. The second-order valence-corrected chi connectivity index (χ2v) is 5.65. The first-order chi connectivity index (χ1) is 8.36. The normalized spacial score (nSPS) is 34.2. The second-order valence-electron chi connectivity index (χ2n) is 5.65. The Morgan fingerprint density at radius 2 is 2.12 bits per heavy atom. The zero-order chi connectivity index (χ0) is 11.6. The molecule has 0 unspecified atom stereocenters. The SMILES string of the molecule is C1CO[C@H](CN2CCOC3(CCNCC3)C2)C1. The Morgan fingerprint density at radius 3 is 2.88 bits per heavy atom. The summed E-state index contributed by atoms with van der Waals surface area (Å²) in [6, 6.07) is 0. The molecule has 0 aromatic carbocycles. The average Bonchev–Trinajstić information content (AvgIpc) is 2.83. The van der Waals surface area contributed by atoms with Gasteiger partial charge in [0.1, 0.15) is 0 Å². The van der Waals surface area contributed by atoms with Gasteiger partial charge in [-0.15, -0.1) is 0 Å². The van der Waals surface area contributed by atoms with E-state index in [0.717, 1.165) is 58.8 Å². The molecule has 1 N–H and O–H groups in total. The molecule has 0 aromatic rings. The molecule has 3 heterocycles.